The van der Waals surface area contributed by atoms with Crippen molar-refractivity contribution in [2.24, 2.45) is 11.8 Å². The van der Waals surface area contributed by atoms with Crippen molar-refractivity contribution in [2.75, 3.05) is 39.6 Å². The van der Waals surface area contributed by atoms with Gasteiger partial charge in [-0.15, -0.1) is 0 Å². The van der Waals surface area contributed by atoms with Crippen LogP contribution in [0.5, 0.6) is 0 Å². The van der Waals surface area contributed by atoms with Gasteiger partial charge in [0.2, 0.25) is 0 Å². The van der Waals surface area contributed by atoms with E-state index in [0.717, 1.165) is 134 Å². The number of hydrogen-bond donors (Lipinski definition) is 3. The van der Waals surface area contributed by atoms with Gasteiger partial charge in [0.15, 0.2) is 12.2 Å². The molecule has 0 aromatic heterocycles. The van der Waals surface area contributed by atoms with Crippen LogP contribution >= 0.6 is 15.6 Å². The van der Waals surface area contributed by atoms with Crippen LogP contribution in [0.25, 0.3) is 0 Å². The molecule has 0 heterocycles. The van der Waals surface area contributed by atoms with E-state index in [1.54, 1.807) is 0 Å². The van der Waals surface area contributed by atoms with E-state index in [0.29, 0.717) is 31.6 Å². The van der Waals surface area contributed by atoms with Gasteiger partial charge in [0, 0.05) is 25.7 Å². The SMILES string of the molecule is CCCCCC/C=C\C=C/CCCCCCCC(=O)OC[C@H](COP(=O)(O)OC[C@@H](O)COP(=O)(O)OC[C@@H](COC(=O)CCCCCCCCC(C)C)OC(=O)CCCCCCC/C=C\C=C/CCCCCC)OC(=O)CCCCCCCCCCCCC(C)C. The molecular weight excluding hydrogens is 1210 g/mol. The summed E-state index contributed by atoms with van der Waals surface area (Å²) in [6.45, 7) is 9.33. The minimum atomic E-state index is -4.97. The fraction of sp³-hybridized carbons (Fsp3) is 0.836. The largest absolute Gasteiger partial charge is 0.472 e. The van der Waals surface area contributed by atoms with E-state index in [4.69, 9.17) is 37.0 Å². The number of allylic oxidation sites excluding steroid dienone is 8. The van der Waals surface area contributed by atoms with Crippen molar-refractivity contribution in [1.29, 1.82) is 0 Å². The Labute approximate surface area is 559 Å². The summed E-state index contributed by atoms with van der Waals surface area (Å²) in [6.07, 6.45) is 55.9. The molecule has 0 saturated heterocycles. The molecule has 0 saturated carbocycles. The molecule has 0 radical (unpaired) electrons. The molecule has 0 aliphatic rings. The predicted molar refractivity (Wildman–Crippen MR) is 372 cm³/mol. The third kappa shape index (κ3) is 65.7. The van der Waals surface area contributed by atoms with Crippen molar-refractivity contribution in [3.8, 4) is 0 Å². The first-order valence-corrected chi connectivity index (χ1v) is 39.6. The zero-order valence-electron chi connectivity index (χ0n) is 58.8. The van der Waals surface area contributed by atoms with Crippen LogP contribution in [0, 0.1) is 11.8 Å². The molecule has 0 rings (SSSR count). The lowest BCUT2D eigenvalue weighted by Crippen LogP contribution is -2.30. The third-order valence-corrected chi connectivity index (χ3v) is 17.6. The van der Waals surface area contributed by atoms with Gasteiger partial charge in [0.05, 0.1) is 26.4 Å². The Morgan fingerprint density at radius 1 is 0.337 bits per heavy atom. The van der Waals surface area contributed by atoms with Crippen molar-refractivity contribution >= 4 is 39.5 Å². The molecule has 0 spiro atoms. The molecule has 0 bridgehead atoms. The number of ether oxygens (including phenoxy) is 4. The number of phosphoric acid groups is 2. The van der Waals surface area contributed by atoms with E-state index in [9.17, 15) is 43.2 Å². The van der Waals surface area contributed by atoms with Gasteiger partial charge in [-0.1, -0.05) is 270 Å². The van der Waals surface area contributed by atoms with Gasteiger partial charge in [-0.25, -0.2) is 9.13 Å². The minimum Gasteiger partial charge on any atom is -0.462 e. The van der Waals surface area contributed by atoms with E-state index in [1.807, 2.05) is 0 Å². The second-order valence-electron chi connectivity index (χ2n) is 25.9. The first-order chi connectivity index (χ1) is 44.4. The van der Waals surface area contributed by atoms with Gasteiger partial charge in [0.1, 0.15) is 19.3 Å². The van der Waals surface area contributed by atoms with Gasteiger partial charge < -0.3 is 33.8 Å². The van der Waals surface area contributed by atoms with Crippen molar-refractivity contribution in [1.82, 2.24) is 0 Å². The molecule has 0 aliphatic carbocycles. The van der Waals surface area contributed by atoms with Crippen LogP contribution in [0.2, 0.25) is 0 Å². The molecule has 92 heavy (non-hydrogen) atoms. The maximum absolute atomic E-state index is 13.0. The minimum absolute atomic E-state index is 0.0814. The summed E-state index contributed by atoms with van der Waals surface area (Å²) in [5, 5.41) is 10.6. The summed E-state index contributed by atoms with van der Waals surface area (Å²) < 4.78 is 68.3. The number of aliphatic hydroxyl groups is 1. The molecule has 19 heteroatoms. The van der Waals surface area contributed by atoms with Crippen LogP contribution in [0.3, 0.4) is 0 Å². The lowest BCUT2D eigenvalue weighted by molar-refractivity contribution is -0.161. The Bertz CT molecular complexity index is 1970. The first-order valence-electron chi connectivity index (χ1n) is 36.6. The van der Waals surface area contributed by atoms with Crippen LogP contribution in [0.1, 0.15) is 324 Å². The highest BCUT2D eigenvalue weighted by molar-refractivity contribution is 7.47. The molecule has 538 valence electrons. The maximum atomic E-state index is 13.0. The average molecular weight is 1350 g/mol. The summed E-state index contributed by atoms with van der Waals surface area (Å²) in [7, 11) is -9.93. The van der Waals surface area contributed by atoms with Crippen LogP contribution in [-0.2, 0) is 65.4 Å². The van der Waals surface area contributed by atoms with E-state index in [1.165, 1.54) is 103 Å². The topological polar surface area (TPSA) is 237 Å². The molecule has 0 aliphatic heterocycles. The molecule has 2 unspecified atom stereocenters. The first kappa shape index (κ1) is 89.0. The van der Waals surface area contributed by atoms with E-state index in [-0.39, 0.29) is 25.7 Å². The Balaban J connectivity index is 5.31. The average Bonchev–Trinajstić information content (AvgIpc) is 3.52. The van der Waals surface area contributed by atoms with Gasteiger partial charge in [-0.3, -0.25) is 37.3 Å². The van der Waals surface area contributed by atoms with Crippen molar-refractivity contribution in [2.45, 2.75) is 342 Å². The Hall–Kier alpha value is -2.98. The third-order valence-electron chi connectivity index (χ3n) is 15.7. The molecule has 3 N–H and O–H groups in total. The normalized spacial score (nSPS) is 14.4. The molecular formula is C73H134O17P2. The molecule has 0 amide bonds. The highest BCUT2D eigenvalue weighted by Crippen LogP contribution is 2.45. The Morgan fingerprint density at radius 2 is 0.587 bits per heavy atom. The van der Waals surface area contributed by atoms with Gasteiger partial charge >= 0.3 is 39.5 Å². The number of carbonyl (C=O) groups excluding carboxylic acids is 4. The zero-order valence-corrected chi connectivity index (χ0v) is 60.6. The Morgan fingerprint density at radius 3 is 0.880 bits per heavy atom. The summed E-state index contributed by atoms with van der Waals surface area (Å²) in [5.41, 5.74) is 0. The molecule has 5 atom stereocenters. The predicted octanol–water partition coefficient (Wildman–Crippen LogP) is 20.3. The standard InChI is InChI=1S/C73H134O17P2/c1-7-9-11-13-15-17-19-21-23-25-27-32-36-43-49-55-70(75)83-61-68(89-73(78)58-52-46-38-34-30-29-31-35-41-47-53-65(3)4)63-87-91(79,80)85-59-67(74)60-86-92(81,82)88-64-69(62-84-71(76)56-50-44-40-39-42-48-54-66(5)6)90-72(77)57-51-45-37-33-28-26-24-22-20-18-16-14-12-10-8-2/h17-24,65-69,74H,7-16,25-64H2,1-6H3,(H,79,80)(H,81,82)/b19-17-,20-18-,23-21-,24-22-/t67-,68-,69-/m1/s1. The number of carbonyl (C=O) groups is 4. The summed E-state index contributed by atoms with van der Waals surface area (Å²) in [6, 6.07) is 0. The summed E-state index contributed by atoms with van der Waals surface area (Å²) >= 11 is 0. The van der Waals surface area contributed by atoms with Crippen molar-refractivity contribution < 1.29 is 80.2 Å². The summed E-state index contributed by atoms with van der Waals surface area (Å²) in [5.74, 6) is -0.762. The number of esters is 4. The smallest absolute Gasteiger partial charge is 0.462 e. The fourth-order valence-corrected chi connectivity index (χ4v) is 11.6. The second-order valence-corrected chi connectivity index (χ2v) is 28.8. The van der Waals surface area contributed by atoms with Crippen LogP contribution in [0.4, 0.5) is 0 Å². The number of hydrogen-bond acceptors (Lipinski definition) is 15. The fourth-order valence-electron chi connectivity index (χ4n) is 10.0. The molecule has 17 nitrogen and oxygen atoms in total. The number of unbranched alkanes of at least 4 members (excludes halogenated alkanes) is 32. The maximum Gasteiger partial charge on any atom is 0.472 e. The van der Waals surface area contributed by atoms with Crippen LogP contribution in [-0.4, -0.2) is 96.7 Å². The zero-order chi connectivity index (χ0) is 67.9. The lowest BCUT2D eigenvalue weighted by atomic mass is 10.0. The highest BCUT2D eigenvalue weighted by Gasteiger charge is 2.30. The quantitative estimate of drug-likeness (QED) is 0.0169. The molecule has 0 fully saturated rings. The van der Waals surface area contributed by atoms with E-state index < -0.39 is 97.5 Å². The highest BCUT2D eigenvalue weighted by atomic mass is 31.2. The summed E-state index contributed by atoms with van der Waals surface area (Å²) in [4.78, 5) is 72.6. The van der Waals surface area contributed by atoms with Crippen LogP contribution < -0.4 is 0 Å². The van der Waals surface area contributed by atoms with Gasteiger partial charge in [-0.05, 0) is 88.9 Å². The lowest BCUT2D eigenvalue weighted by Gasteiger charge is -2.21. The van der Waals surface area contributed by atoms with Crippen molar-refractivity contribution in [3.63, 3.8) is 0 Å². The molecule has 0 aromatic carbocycles. The van der Waals surface area contributed by atoms with Crippen LogP contribution in [0.15, 0.2) is 48.6 Å². The van der Waals surface area contributed by atoms with E-state index in [2.05, 4.69) is 90.2 Å². The van der Waals surface area contributed by atoms with Gasteiger partial charge in [-0.2, -0.15) is 0 Å². The monoisotopic (exact) mass is 1340 g/mol. The molecule has 0 aromatic rings. The van der Waals surface area contributed by atoms with Crippen molar-refractivity contribution in [3.05, 3.63) is 48.6 Å². The number of rotatable bonds is 68. The van der Waals surface area contributed by atoms with Gasteiger partial charge in [0.25, 0.3) is 0 Å². The number of aliphatic hydroxyl groups excluding tert-OH is 1. The Kier molecular flexibility index (Phi) is 62.0. The van der Waals surface area contributed by atoms with E-state index >= 15 is 0 Å². The second kappa shape index (κ2) is 64.0. The number of phosphoric ester groups is 2.